The highest BCUT2D eigenvalue weighted by Crippen LogP contribution is 2.47. The number of nitrogens with one attached hydrogen (secondary N) is 1. The summed E-state index contributed by atoms with van der Waals surface area (Å²) in [7, 11) is -3.01. The number of aliphatic hydroxyl groups excluding tert-OH is 2. The van der Waals surface area contributed by atoms with Crippen LogP contribution in [-0.4, -0.2) is 81.1 Å². The second-order valence-electron chi connectivity index (χ2n) is 11.7. The summed E-state index contributed by atoms with van der Waals surface area (Å²) < 4.78 is 44.3. The Kier molecular flexibility index (Phi) is 10.5. The van der Waals surface area contributed by atoms with Crippen molar-refractivity contribution < 1.29 is 42.8 Å². The van der Waals surface area contributed by atoms with Gasteiger partial charge in [-0.3, -0.25) is 9.32 Å². The van der Waals surface area contributed by atoms with Crippen LogP contribution in [0.1, 0.15) is 25.1 Å². The minimum Gasteiger partial charge on any atom is -0.461 e. The number of esters is 1. The van der Waals surface area contributed by atoms with Crippen molar-refractivity contribution in [2.24, 2.45) is 0 Å². The van der Waals surface area contributed by atoms with Gasteiger partial charge in [-0.2, -0.15) is 15.4 Å². The topological polar surface area (TPSA) is 213 Å². The van der Waals surface area contributed by atoms with Crippen molar-refractivity contribution in [3.63, 3.8) is 0 Å². The Morgan fingerprint density at radius 1 is 1.17 bits per heavy atom. The van der Waals surface area contributed by atoms with E-state index in [1.807, 2.05) is 12.1 Å². The predicted molar refractivity (Wildman–Crippen MR) is 171 cm³/mol. The third-order valence-electron chi connectivity index (χ3n) is 7.86. The summed E-state index contributed by atoms with van der Waals surface area (Å²) in [6, 6.07) is 20.8. The number of benzene rings is 2. The molecule has 3 heterocycles. The molecule has 6 atom stereocenters. The Morgan fingerprint density at radius 2 is 1.85 bits per heavy atom. The summed E-state index contributed by atoms with van der Waals surface area (Å²) >= 11 is 0. The minimum atomic E-state index is -4.49. The summed E-state index contributed by atoms with van der Waals surface area (Å²) in [5.41, 5.74) is 4.18. The van der Waals surface area contributed by atoms with E-state index in [1.54, 1.807) is 74.5 Å². The molecule has 2 aromatic carbocycles. The molecule has 0 aliphatic carbocycles. The fourth-order valence-electron chi connectivity index (χ4n) is 5.06. The van der Waals surface area contributed by atoms with Gasteiger partial charge in [-0.1, -0.05) is 48.5 Å². The van der Waals surface area contributed by atoms with Gasteiger partial charge in [0.2, 0.25) is 5.60 Å². The normalized spacial score (nSPS) is 22.9. The van der Waals surface area contributed by atoms with Crippen molar-refractivity contribution in [2.75, 3.05) is 26.1 Å². The number of anilines is 1. The van der Waals surface area contributed by atoms with Gasteiger partial charge in [0.15, 0.2) is 5.82 Å². The van der Waals surface area contributed by atoms with Crippen LogP contribution in [0.5, 0.6) is 5.75 Å². The molecule has 1 aliphatic heterocycles. The number of para-hydroxylation sites is 1. The molecule has 16 heteroatoms. The third kappa shape index (κ3) is 7.51. The SMILES string of the molecule is COC(C)(C)COC(=O)[C@H](Cc1ccccc1)N[P@@](=O)(OC[C@H]1O[C@@](C#N)(c2ccc3c(N)ncnn23)[C@H](O)[C@@H]1O)Oc1ccccc1. The number of nitrogen functional groups attached to an aromatic ring is 1. The van der Waals surface area contributed by atoms with Gasteiger partial charge < -0.3 is 34.7 Å². The zero-order chi connectivity index (χ0) is 34.5. The number of rotatable bonds is 14. The van der Waals surface area contributed by atoms with E-state index in [4.69, 9.17) is 29.0 Å². The molecule has 4 aromatic rings. The van der Waals surface area contributed by atoms with Gasteiger partial charge in [0.25, 0.3) is 0 Å². The minimum absolute atomic E-state index is 0.0453. The molecule has 0 saturated carbocycles. The Morgan fingerprint density at radius 3 is 2.52 bits per heavy atom. The number of nitriles is 1. The number of aliphatic hydroxyl groups is 2. The van der Waals surface area contributed by atoms with Gasteiger partial charge >= 0.3 is 13.7 Å². The van der Waals surface area contributed by atoms with E-state index in [2.05, 4.69) is 15.2 Å². The highest BCUT2D eigenvalue weighted by molar-refractivity contribution is 7.52. The fraction of sp³-hybridized carbons (Fsp3) is 0.375. The largest absolute Gasteiger partial charge is 0.461 e. The molecule has 2 aromatic heterocycles. The first-order valence-electron chi connectivity index (χ1n) is 15.0. The lowest BCUT2D eigenvalue weighted by molar-refractivity contribution is -0.153. The average molecular weight is 681 g/mol. The van der Waals surface area contributed by atoms with Crippen LogP contribution in [0.15, 0.2) is 79.1 Å². The monoisotopic (exact) mass is 680 g/mol. The van der Waals surface area contributed by atoms with E-state index >= 15 is 0 Å². The highest BCUT2D eigenvalue weighted by atomic mass is 31.2. The number of methoxy groups -OCH3 is 1. The Bertz CT molecular complexity index is 1800. The Balaban J connectivity index is 1.42. The summed E-state index contributed by atoms with van der Waals surface area (Å²) in [5.74, 6) is -0.476. The van der Waals surface area contributed by atoms with Gasteiger partial charge in [0.05, 0.1) is 17.9 Å². The Hall–Kier alpha value is -4.39. The van der Waals surface area contributed by atoms with Crippen molar-refractivity contribution in [1.82, 2.24) is 19.7 Å². The fourth-order valence-corrected chi connectivity index (χ4v) is 6.56. The van der Waals surface area contributed by atoms with Gasteiger partial charge in [-0.25, -0.2) is 14.1 Å². The molecule has 0 spiro atoms. The summed E-state index contributed by atoms with van der Waals surface area (Å²) in [6.45, 7) is 2.76. The third-order valence-corrected chi connectivity index (χ3v) is 9.43. The second-order valence-corrected chi connectivity index (χ2v) is 13.4. The molecule has 0 amide bonds. The van der Waals surface area contributed by atoms with Crippen molar-refractivity contribution in [3.05, 3.63) is 90.4 Å². The molecular formula is C32H37N6O9P. The maximum atomic E-state index is 14.5. The maximum absolute atomic E-state index is 14.5. The van der Waals surface area contributed by atoms with Crippen molar-refractivity contribution in [2.45, 2.75) is 55.8 Å². The van der Waals surface area contributed by atoms with Crippen LogP contribution in [0.4, 0.5) is 5.82 Å². The number of carbonyl (C=O) groups excluding carboxylic acids is 1. The van der Waals surface area contributed by atoms with Crippen LogP contribution in [-0.2, 0) is 40.1 Å². The maximum Gasteiger partial charge on any atom is 0.459 e. The first-order chi connectivity index (χ1) is 22.9. The lowest BCUT2D eigenvalue weighted by Gasteiger charge is -2.28. The van der Waals surface area contributed by atoms with Crippen LogP contribution in [0.2, 0.25) is 0 Å². The number of carbonyl (C=O) groups is 1. The van der Waals surface area contributed by atoms with Crippen molar-refractivity contribution in [3.8, 4) is 11.8 Å². The van der Waals surface area contributed by atoms with E-state index in [1.165, 1.54) is 24.0 Å². The van der Waals surface area contributed by atoms with Crippen LogP contribution in [0.25, 0.3) is 5.52 Å². The molecule has 15 nitrogen and oxygen atoms in total. The molecule has 5 rings (SSSR count). The first-order valence-corrected chi connectivity index (χ1v) is 16.5. The van der Waals surface area contributed by atoms with Crippen LogP contribution in [0.3, 0.4) is 0 Å². The van der Waals surface area contributed by atoms with Crippen LogP contribution >= 0.6 is 7.75 Å². The van der Waals surface area contributed by atoms with E-state index in [9.17, 15) is 24.8 Å². The molecule has 1 saturated heterocycles. The van der Waals surface area contributed by atoms with Gasteiger partial charge in [0.1, 0.15) is 54.6 Å². The molecular weight excluding hydrogens is 643 g/mol. The molecule has 48 heavy (non-hydrogen) atoms. The lowest BCUT2D eigenvalue weighted by atomic mass is 9.92. The first kappa shape index (κ1) is 34.9. The van der Waals surface area contributed by atoms with E-state index in [0.29, 0.717) is 5.52 Å². The van der Waals surface area contributed by atoms with Gasteiger partial charge in [-0.15, -0.1) is 0 Å². The number of aromatic nitrogens is 3. The smallest absolute Gasteiger partial charge is 0.459 e. The number of fused-ring (bicyclic) bond motifs is 1. The number of nitrogens with zero attached hydrogens (tertiary/aromatic N) is 4. The highest BCUT2D eigenvalue weighted by Gasteiger charge is 2.58. The van der Waals surface area contributed by atoms with Gasteiger partial charge in [-0.05, 0) is 50.1 Å². The number of nitrogens with two attached hydrogens (primary N) is 1. The van der Waals surface area contributed by atoms with Crippen molar-refractivity contribution in [1.29, 1.82) is 5.26 Å². The molecule has 1 aliphatic rings. The van der Waals surface area contributed by atoms with Crippen LogP contribution in [0, 0.1) is 11.3 Å². The molecule has 0 unspecified atom stereocenters. The summed E-state index contributed by atoms with van der Waals surface area (Å²) in [6.07, 6.45) is -3.63. The number of hydrogen-bond acceptors (Lipinski definition) is 13. The molecule has 0 radical (unpaired) electrons. The molecule has 5 N–H and O–H groups in total. The molecule has 1 fully saturated rings. The molecule has 0 bridgehead atoms. The average Bonchev–Trinajstić information content (AvgIpc) is 3.63. The predicted octanol–water partition coefficient (Wildman–Crippen LogP) is 2.52. The lowest BCUT2D eigenvalue weighted by Crippen LogP contribution is -2.42. The zero-order valence-electron chi connectivity index (χ0n) is 26.5. The van der Waals surface area contributed by atoms with E-state index < -0.39 is 55.9 Å². The standard InChI is InChI=1S/C32H37N6O9P/c1-31(2,43-3)19-44-30(41)23(16-21-10-6-4-7-11-21)37-48(42,47-22-12-8-5-9-13-22)45-17-25-27(39)28(40)32(18-33,46-25)26-15-14-24-29(34)35-20-36-38(24)26/h4-15,20,23,25,27-28,39-40H,16-17,19H2,1-3H3,(H,37,42)(H2,34,35,36)/t23-,25+,27+,28+,32-,48+/m0/s1. The number of hydrogen-bond donors (Lipinski definition) is 4. The second kappa shape index (κ2) is 14.4. The van der Waals surface area contributed by atoms with Crippen molar-refractivity contribution >= 4 is 25.1 Å². The summed E-state index contributed by atoms with van der Waals surface area (Å²) in [5, 5.41) is 39.3. The zero-order valence-corrected chi connectivity index (χ0v) is 27.4. The number of ether oxygens (including phenoxy) is 3. The van der Waals surface area contributed by atoms with Crippen LogP contribution < -0.4 is 15.3 Å². The Labute approximate surface area is 276 Å². The molecule has 254 valence electrons. The van der Waals surface area contributed by atoms with E-state index in [-0.39, 0.29) is 30.3 Å². The quantitative estimate of drug-likeness (QED) is 0.111. The van der Waals surface area contributed by atoms with E-state index in [0.717, 1.165) is 5.56 Å². The summed E-state index contributed by atoms with van der Waals surface area (Å²) in [4.78, 5) is 17.4. The van der Waals surface area contributed by atoms with Gasteiger partial charge in [0, 0.05) is 7.11 Å².